The van der Waals surface area contributed by atoms with Crippen molar-refractivity contribution < 1.29 is 0 Å². The van der Waals surface area contributed by atoms with Gasteiger partial charge in [0.2, 0.25) is 0 Å². The summed E-state index contributed by atoms with van der Waals surface area (Å²) in [6.07, 6.45) is 0.924. The Kier molecular flexibility index (Phi) is 2.44. The van der Waals surface area contributed by atoms with Gasteiger partial charge < -0.3 is 5.73 Å². The van der Waals surface area contributed by atoms with Crippen LogP contribution in [0.1, 0.15) is 18.2 Å². The van der Waals surface area contributed by atoms with Crippen molar-refractivity contribution in [1.82, 2.24) is 4.98 Å². The molecule has 90 valence electrons. The summed E-state index contributed by atoms with van der Waals surface area (Å²) in [5.74, 6) is 0. The van der Waals surface area contributed by atoms with Crippen molar-refractivity contribution in [2.75, 3.05) is 5.73 Å². The zero-order valence-electron chi connectivity index (χ0n) is 10.7. The second-order valence-corrected chi connectivity index (χ2v) is 4.63. The van der Waals surface area contributed by atoms with E-state index in [1.807, 2.05) is 19.1 Å². The number of benzene rings is 2. The Hall–Kier alpha value is -2.09. The minimum atomic E-state index is 0.880. The van der Waals surface area contributed by atoms with E-state index < -0.39 is 0 Å². The number of fused-ring (bicyclic) bond motifs is 3. The largest absolute Gasteiger partial charge is 0.398 e. The highest BCUT2D eigenvalue weighted by Gasteiger charge is 2.10. The first-order valence-corrected chi connectivity index (χ1v) is 6.28. The summed E-state index contributed by atoms with van der Waals surface area (Å²) in [6.45, 7) is 4.16. The molecule has 0 aliphatic rings. The summed E-state index contributed by atoms with van der Waals surface area (Å²) in [5.41, 5.74) is 10.4. The Labute approximate surface area is 106 Å². The summed E-state index contributed by atoms with van der Waals surface area (Å²) < 4.78 is 0. The molecule has 0 bridgehead atoms. The third-order valence-corrected chi connectivity index (χ3v) is 3.59. The van der Waals surface area contributed by atoms with Crippen LogP contribution in [0.2, 0.25) is 0 Å². The molecule has 0 saturated heterocycles. The van der Waals surface area contributed by atoms with Gasteiger partial charge in [0.15, 0.2) is 0 Å². The number of hydrogen-bond acceptors (Lipinski definition) is 2. The van der Waals surface area contributed by atoms with Crippen LogP contribution in [0.5, 0.6) is 0 Å². The van der Waals surface area contributed by atoms with E-state index in [1.165, 1.54) is 10.8 Å². The van der Waals surface area contributed by atoms with E-state index in [0.717, 1.165) is 34.3 Å². The van der Waals surface area contributed by atoms with E-state index in [4.69, 9.17) is 10.7 Å². The van der Waals surface area contributed by atoms with Crippen molar-refractivity contribution in [3.8, 4) is 0 Å². The average Bonchev–Trinajstić information content (AvgIpc) is 2.39. The lowest BCUT2D eigenvalue weighted by Gasteiger charge is -2.12. The number of rotatable bonds is 1. The summed E-state index contributed by atoms with van der Waals surface area (Å²) in [5, 5.41) is 3.45. The number of aryl methyl sites for hydroxylation is 1. The van der Waals surface area contributed by atoms with Crippen LogP contribution < -0.4 is 5.73 Å². The lowest BCUT2D eigenvalue weighted by molar-refractivity contribution is 1.07. The second-order valence-electron chi connectivity index (χ2n) is 4.63. The van der Waals surface area contributed by atoms with Gasteiger partial charge in [0.1, 0.15) is 0 Å². The monoisotopic (exact) mass is 236 g/mol. The highest BCUT2D eigenvalue weighted by Crippen LogP contribution is 2.31. The second kappa shape index (κ2) is 3.98. The zero-order chi connectivity index (χ0) is 12.7. The van der Waals surface area contributed by atoms with Crippen LogP contribution in [-0.2, 0) is 6.42 Å². The molecule has 3 aromatic rings. The van der Waals surface area contributed by atoms with E-state index >= 15 is 0 Å². The number of anilines is 1. The topological polar surface area (TPSA) is 38.9 Å². The third kappa shape index (κ3) is 1.46. The van der Waals surface area contributed by atoms with Gasteiger partial charge >= 0.3 is 0 Å². The fraction of sp³-hybridized carbons (Fsp3) is 0.188. The highest BCUT2D eigenvalue weighted by atomic mass is 14.7. The maximum absolute atomic E-state index is 6.28. The van der Waals surface area contributed by atoms with Gasteiger partial charge in [0.25, 0.3) is 0 Å². The fourth-order valence-electron chi connectivity index (χ4n) is 2.63. The minimum Gasteiger partial charge on any atom is -0.398 e. The smallest absolute Gasteiger partial charge is 0.0804 e. The predicted octanol–water partition coefficient (Wildman–Crippen LogP) is 3.84. The molecule has 0 aliphatic carbocycles. The summed E-state index contributed by atoms with van der Waals surface area (Å²) in [6, 6.07) is 12.5. The molecule has 0 atom stereocenters. The zero-order valence-corrected chi connectivity index (χ0v) is 10.7. The van der Waals surface area contributed by atoms with Gasteiger partial charge in [0, 0.05) is 22.2 Å². The molecule has 0 aliphatic heterocycles. The van der Waals surface area contributed by atoms with E-state index in [-0.39, 0.29) is 0 Å². The molecule has 1 heterocycles. The molecule has 0 radical (unpaired) electrons. The van der Waals surface area contributed by atoms with Gasteiger partial charge in [-0.1, -0.05) is 43.3 Å². The molecule has 0 fully saturated rings. The molecule has 2 aromatic carbocycles. The molecular formula is C16H16N2. The molecule has 0 saturated carbocycles. The van der Waals surface area contributed by atoms with E-state index in [0.29, 0.717) is 0 Å². The SMILES string of the molecule is CCc1c(C)nc2c(ccc3ccccc32)c1N. The van der Waals surface area contributed by atoms with E-state index in [2.05, 4.69) is 31.2 Å². The van der Waals surface area contributed by atoms with Crippen molar-refractivity contribution in [3.05, 3.63) is 47.7 Å². The van der Waals surface area contributed by atoms with E-state index in [9.17, 15) is 0 Å². The number of hydrogen-bond donors (Lipinski definition) is 1. The highest BCUT2D eigenvalue weighted by molar-refractivity contribution is 6.09. The van der Waals surface area contributed by atoms with Crippen LogP contribution in [0.3, 0.4) is 0 Å². The van der Waals surface area contributed by atoms with Gasteiger partial charge in [-0.05, 0) is 24.3 Å². The van der Waals surface area contributed by atoms with Gasteiger partial charge in [-0.2, -0.15) is 0 Å². The van der Waals surface area contributed by atoms with Crippen LogP contribution in [0.15, 0.2) is 36.4 Å². The normalized spacial score (nSPS) is 11.2. The molecule has 2 nitrogen and oxygen atoms in total. The Balaban J connectivity index is 2.53. The molecule has 0 unspecified atom stereocenters. The Morgan fingerprint density at radius 3 is 2.61 bits per heavy atom. The van der Waals surface area contributed by atoms with Crippen LogP contribution >= 0.6 is 0 Å². The summed E-state index contributed by atoms with van der Waals surface area (Å²) in [7, 11) is 0. The molecule has 2 heteroatoms. The average molecular weight is 236 g/mol. The number of nitrogens with two attached hydrogens (primary N) is 1. The molecular weight excluding hydrogens is 220 g/mol. The van der Waals surface area contributed by atoms with Crippen LogP contribution in [-0.4, -0.2) is 4.98 Å². The summed E-state index contributed by atoms with van der Waals surface area (Å²) in [4.78, 5) is 4.76. The standard InChI is InChI=1S/C16H16N2/c1-3-12-10(2)18-16-13-7-5-4-6-11(13)8-9-14(16)15(12)17/h4-9H,3H2,1-2H3,(H2,17,18). The fourth-order valence-corrected chi connectivity index (χ4v) is 2.63. The first-order chi connectivity index (χ1) is 8.72. The van der Waals surface area contributed by atoms with Gasteiger partial charge in [-0.3, -0.25) is 4.98 Å². The molecule has 0 spiro atoms. The maximum Gasteiger partial charge on any atom is 0.0804 e. The number of aromatic nitrogens is 1. The van der Waals surface area contributed by atoms with E-state index in [1.54, 1.807) is 0 Å². The van der Waals surface area contributed by atoms with Crippen molar-refractivity contribution in [2.45, 2.75) is 20.3 Å². The van der Waals surface area contributed by atoms with Crippen LogP contribution in [0.4, 0.5) is 5.69 Å². The van der Waals surface area contributed by atoms with Crippen molar-refractivity contribution >= 4 is 27.4 Å². The number of pyridine rings is 1. The Morgan fingerprint density at radius 1 is 1.06 bits per heavy atom. The predicted molar refractivity (Wildman–Crippen MR) is 77.8 cm³/mol. The minimum absolute atomic E-state index is 0.880. The van der Waals surface area contributed by atoms with Crippen LogP contribution in [0, 0.1) is 6.92 Å². The first kappa shape index (κ1) is 11.0. The number of nitrogens with zero attached hydrogens (tertiary/aromatic N) is 1. The van der Waals surface area contributed by atoms with Gasteiger partial charge in [-0.15, -0.1) is 0 Å². The number of nitrogen functional groups attached to an aromatic ring is 1. The Morgan fingerprint density at radius 2 is 1.83 bits per heavy atom. The van der Waals surface area contributed by atoms with Crippen LogP contribution in [0.25, 0.3) is 21.7 Å². The lowest BCUT2D eigenvalue weighted by atomic mass is 10.0. The maximum atomic E-state index is 6.28. The van der Waals surface area contributed by atoms with Crippen molar-refractivity contribution in [3.63, 3.8) is 0 Å². The third-order valence-electron chi connectivity index (χ3n) is 3.59. The lowest BCUT2D eigenvalue weighted by Crippen LogP contribution is -2.00. The van der Waals surface area contributed by atoms with Gasteiger partial charge in [-0.25, -0.2) is 0 Å². The first-order valence-electron chi connectivity index (χ1n) is 6.28. The molecule has 1 aromatic heterocycles. The van der Waals surface area contributed by atoms with Crippen molar-refractivity contribution in [1.29, 1.82) is 0 Å². The molecule has 18 heavy (non-hydrogen) atoms. The molecule has 0 amide bonds. The van der Waals surface area contributed by atoms with Crippen molar-refractivity contribution in [2.24, 2.45) is 0 Å². The molecule has 2 N–H and O–H groups in total. The Bertz CT molecular complexity index is 745. The summed E-state index contributed by atoms with van der Waals surface area (Å²) >= 11 is 0. The van der Waals surface area contributed by atoms with Gasteiger partial charge in [0.05, 0.1) is 5.52 Å². The molecule has 3 rings (SSSR count). The quantitative estimate of drug-likeness (QED) is 0.652.